The molecule has 174 valence electrons. The second kappa shape index (κ2) is 12.7. The summed E-state index contributed by atoms with van der Waals surface area (Å²) in [4.78, 5) is 48.7. The summed E-state index contributed by atoms with van der Waals surface area (Å²) in [5, 5.41) is 13.0. The van der Waals surface area contributed by atoms with Gasteiger partial charge in [-0.25, -0.2) is 0 Å². The molecule has 0 aliphatic carbocycles. The van der Waals surface area contributed by atoms with Gasteiger partial charge in [-0.05, 0) is 5.53 Å². The van der Waals surface area contributed by atoms with E-state index in [2.05, 4.69) is 10.0 Å². The largest absolute Gasteiger partial charge is 0.463 e. The molecule has 1 unspecified atom stereocenters. The summed E-state index contributed by atoms with van der Waals surface area (Å²) in [6, 6.07) is 0. The van der Waals surface area contributed by atoms with Gasteiger partial charge >= 0.3 is 23.9 Å². The minimum Gasteiger partial charge on any atom is -0.463 e. The van der Waals surface area contributed by atoms with Gasteiger partial charge in [0.05, 0.1) is 19.3 Å². The second-order valence-electron chi connectivity index (χ2n) is 6.47. The van der Waals surface area contributed by atoms with E-state index in [4.69, 9.17) is 34.0 Å². The molecule has 1 heterocycles. The first-order valence-electron chi connectivity index (χ1n) is 9.16. The Balaban J connectivity index is 3.22. The van der Waals surface area contributed by atoms with Crippen molar-refractivity contribution >= 4 is 23.9 Å². The monoisotopic (exact) mass is 447 g/mol. The minimum absolute atomic E-state index is 0.304. The van der Waals surface area contributed by atoms with Crippen LogP contribution in [-0.2, 0) is 47.6 Å². The van der Waals surface area contributed by atoms with E-state index in [1.807, 2.05) is 0 Å². The molecule has 0 saturated carbocycles. The lowest BCUT2D eigenvalue weighted by Gasteiger charge is -2.44. The number of hydrogen-bond acceptors (Lipinski definition) is 12. The van der Waals surface area contributed by atoms with Gasteiger partial charge in [0.2, 0.25) is 0 Å². The Bertz CT molecular complexity index is 709. The lowest BCUT2D eigenvalue weighted by Crippen LogP contribution is -2.63. The molecular weight excluding hydrogens is 422 g/mol. The number of carbonyl (C=O) groups is 4. The zero-order valence-electron chi connectivity index (χ0n) is 17.5. The molecule has 14 nitrogen and oxygen atoms in total. The lowest BCUT2D eigenvalue weighted by atomic mass is 9.98. The number of aliphatic hydroxyl groups excluding tert-OH is 1. The van der Waals surface area contributed by atoms with Gasteiger partial charge in [-0.1, -0.05) is 5.11 Å². The molecule has 6 atom stereocenters. The number of nitrogens with zero attached hydrogens (tertiary/aromatic N) is 3. The van der Waals surface area contributed by atoms with Gasteiger partial charge in [-0.15, -0.1) is 0 Å². The number of carbonyl (C=O) groups excluding carboxylic acids is 4. The van der Waals surface area contributed by atoms with Crippen molar-refractivity contribution < 1.29 is 52.7 Å². The van der Waals surface area contributed by atoms with Crippen molar-refractivity contribution in [1.82, 2.24) is 0 Å². The highest BCUT2D eigenvalue weighted by Gasteiger charge is 2.52. The molecule has 0 aromatic carbocycles. The summed E-state index contributed by atoms with van der Waals surface area (Å²) in [7, 11) is 0. The number of esters is 4. The predicted octanol–water partition coefficient (Wildman–Crippen LogP) is -0.243. The Morgan fingerprint density at radius 3 is 2.03 bits per heavy atom. The minimum atomic E-state index is -1.42. The highest BCUT2D eigenvalue weighted by atomic mass is 16.7. The average Bonchev–Trinajstić information content (AvgIpc) is 2.65. The fraction of sp³-hybridized carbons (Fsp3) is 0.765. The molecule has 0 aromatic rings. The zero-order chi connectivity index (χ0) is 23.6. The summed E-state index contributed by atoms with van der Waals surface area (Å²) < 4.78 is 31.7. The molecule has 1 aliphatic rings. The van der Waals surface area contributed by atoms with Gasteiger partial charge in [0.1, 0.15) is 12.7 Å². The maximum atomic E-state index is 11.7. The van der Waals surface area contributed by atoms with Crippen LogP contribution in [-0.4, -0.2) is 85.6 Å². The van der Waals surface area contributed by atoms with Crippen molar-refractivity contribution in [2.24, 2.45) is 5.11 Å². The molecule has 1 aliphatic heterocycles. The average molecular weight is 447 g/mol. The molecule has 0 spiro atoms. The Morgan fingerprint density at radius 1 is 0.968 bits per heavy atom. The van der Waals surface area contributed by atoms with Crippen LogP contribution in [0.25, 0.3) is 10.4 Å². The summed E-state index contributed by atoms with van der Waals surface area (Å²) in [5.74, 6) is -2.98. The smallest absolute Gasteiger partial charge is 0.303 e. The van der Waals surface area contributed by atoms with Crippen LogP contribution in [0.1, 0.15) is 27.7 Å². The molecular formula is C17H25N3O11. The predicted molar refractivity (Wildman–Crippen MR) is 97.9 cm³/mol. The maximum Gasteiger partial charge on any atom is 0.303 e. The second-order valence-corrected chi connectivity index (χ2v) is 6.47. The molecule has 31 heavy (non-hydrogen) atoms. The van der Waals surface area contributed by atoms with Crippen LogP contribution in [0.4, 0.5) is 0 Å². The van der Waals surface area contributed by atoms with Crippen LogP contribution >= 0.6 is 0 Å². The van der Waals surface area contributed by atoms with E-state index in [0.29, 0.717) is 0 Å². The Labute approximate surface area is 177 Å². The third-order valence-electron chi connectivity index (χ3n) is 3.76. The number of ether oxygens (including phenoxy) is 6. The molecule has 1 rings (SSSR count). The van der Waals surface area contributed by atoms with Crippen LogP contribution < -0.4 is 0 Å². The van der Waals surface area contributed by atoms with Gasteiger partial charge in [-0.2, -0.15) is 0 Å². The van der Waals surface area contributed by atoms with Crippen LogP contribution in [0.2, 0.25) is 0 Å². The quantitative estimate of drug-likeness (QED) is 0.153. The van der Waals surface area contributed by atoms with Crippen LogP contribution in [0.5, 0.6) is 0 Å². The van der Waals surface area contributed by atoms with E-state index < -0.39 is 73.9 Å². The van der Waals surface area contributed by atoms with Crippen molar-refractivity contribution in [2.45, 2.75) is 64.5 Å². The van der Waals surface area contributed by atoms with Crippen molar-refractivity contribution in [3.05, 3.63) is 10.4 Å². The lowest BCUT2D eigenvalue weighted by molar-refractivity contribution is -0.310. The number of rotatable bonds is 10. The molecule has 0 aromatic heterocycles. The molecule has 0 radical (unpaired) electrons. The standard InChI is InChI=1S/C17H25N3O11/c1-8(21)26-7-13-14(28-9(2)22)15(29-10(3)23)16(30-11(4)24)17(31-13)27-6-12(25)5-19-20-18/h12-17,25H,5-7H2,1-4H3/t12?,13-,14+,15+,16-,17+/m1/s1. The molecule has 1 saturated heterocycles. The number of hydrogen-bond donors (Lipinski definition) is 1. The van der Waals surface area contributed by atoms with Crippen molar-refractivity contribution in [1.29, 1.82) is 0 Å². The van der Waals surface area contributed by atoms with Gasteiger partial charge in [0.25, 0.3) is 0 Å². The van der Waals surface area contributed by atoms with Gasteiger partial charge < -0.3 is 33.5 Å². The van der Waals surface area contributed by atoms with Crippen LogP contribution in [0.3, 0.4) is 0 Å². The van der Waals surface area contributed by atoms with Gasteiger partial charge in [-0.3, -0.25) is 19.2 Å². The summed E-state index contributed by atoms with van der Waals surface area (Å²) in [6.07, 6.45) is -7.88. The summed E-state index contributed by atoms with van der Waals surface area (Å²) in [5.41, 5.74) is 8.32. The van der Waals surface area contributed by atoms with E-state index in [0.717, 1.165) is 27.7 Å². The Morgan fingerprint density at radius 2 is 1.52 bits per heavy atom. The van der Waals surface area contributed by atoms with E-state index >= 15 is 0 Å². The zero-order valence-corrected chi connectivity index (χ0v) is 17.5. The highest BCUT2D eigenvalue weighted by molar-refractivity contribution is 5.68. The first kappa shape index (κ1) is 26.1. The first-order chi connectivity index (χ1) is 14.5. The Kier molecular flexibility index (Phi) is 10.7. The SMILES string of the molecule is CC(=O)OC[C@H]1O[C@H](OCC(O)CN=[N+]=[N-])[C@H](OC(C)=O)[C@@H](OC(C)=O)[C@H]1OC(C)=O. The summed E-state index contributed by atoms with van der Waals surface area (Å²) in [6.45, 7) is 3.31. The number of aliphatic hydroxyl groups is 1. The van der Waals surface area contributed by atoms with Crippen LogP contribution in [0.15, 0.2) is 5.11 Å². The fourth-order valence-corrected chi connectivity index (χ4v) is 2.71. The summed E-state index contributed by atoms with van der Waals surface area (Å²) >= 11 is 0. The molecule has 14 heteroatoms. The third-order valence-corrected chi connectivity index (χ3v) is 3.76. The normalized spacial score (nSPS) is 26.0. The molecule has 0 bridgehead atoms. The van der Waals surface area contributed by atoms with Crippen molar-refractivity contribution in [2.75, 3.05) is 19.8 Å². The van der Waals surface area contributed by atoms with Crippen LogP contribution in [0, 0.1) is 0 Å². The topological polar surface area (TPSA) is 193 Å². The van der Waals surface area contributed by atoms with E-state index in [1.165, 1.54) is 0 Å². The maximum absolute atomic E-state index is 11.7. The molecule has 0 amide bonds. The van der Waals surface area contributed by atoms with E-state index in [9.17, 15) is 24.3 Å². The van der Waals surface area contributed by atoms with Gasteiger partial charge in [0.15, 0.2) is 24.6 Å². The fourth-order valence-electron chi connectivity index (χ4n) is 2.71. The Hall–Kier alpha value is -2.93. The number of azide groups is 1. The van der Waals surface area contributed by atoms with Crippen molar-refractivity contribution in [3.8, 4) is 0 Å². The first-order valence-corrected chi connectivity index (χ1v) is 9.16. The molecule has 1 fully saturated rings. The van der Waals surface area contributed by atoms with Gasteiger partial charge in [0, 0.05) is 32.6 Å². The third kappa shape index (κ3) is 9.17. The van der Waals surface area contributed by atoms with Crippen molar-refractivity contribution in [3.63, 3.8) is 0 Å². The molecule has 1 N–H and O–H groups in total. The highest BCUT2D eigenvalue weighted by Crippen LogP contribution is 2.30. The van der Waals surface area contributed by atoms with E-state index in [-0.39, 0.29) is 6.54 Å². The van der Waals surface area contributed by atoms with E-state index in [1.54, 1.807) is 0 Å².